The smallest absolute Gasteiger partial charge is 0.273 e. The van der Waals surface area contributed by atoms with Crippen LogP contribution in [0.4, 0.5) is 17.1 Å². The lowest BCUT2D eigenvalue weighted by Crippen LogP contribution is -2.27. The van der Waals surface area contributed by atoms with Crippen LogP contribution in [0.5, 0.6) is 0 Å². The zero-order valence-electron chi connectivity index (χ0n) is 10.3. The standard InChI is InChI=1S/C12H17N3O3/c1-13-10-6-11(8-12(7-10)15(16)17)14-9-2-4-18-5-3-9/h6-9,13-14H,2-5H2,1H3. The first-order valence-corrected chi connectivity index (χ1v) is 6.00. The first-order chi connectivity index (χ1) is 8.69. The maximum Gasteiger partial charge on any atom is 0.273 e. The number of nitrogens with one attached hydrogen (secondary N) is 2. The van der Waals surface area contributed by atoms with Gasteiger partial charge in [0.15, 0.2) is 0 Å². The van der Waals surface area contributed by atoms with Crippen molar-refractivity contribution in [2.24, 2.45) is 0 Å². The van der Waals surface area contributed by atoms with E-state index in [1.807, 2.05) is 6.07 Å². The number of nitrogens with zero attached hydrogens (tertiary/aromatic N) is 1. The lowest BCUT2D eigenvalue weighted by molar-refractivity contribution is -0.384. The molecule has 1 saturated heterocycles. The Morgan fingerprint density at radius 2 is 1.94 bits per heavy atom. The molecule has 18 heavy (non-hydrogen) atoms. The van der Waals surface area contributed by atoms with Gasteiger partial charge in [-0.05, 0) is 18.9 Å². The Morgan fingerprint density at radius 1 is 1.28 bits per heavy atom. The predicted octanol–water partition coefficient (Wildman–Crippen LogP) is 2.23. The third-order valence-electron chi connectivity index (χ3n) is 3.01. The quantitative estimate of drug-likeness (QED) is 0.634. The molecular weight excluding hydrogens is 234 g/mol. The molecule has 0 saturated carbocycles. The summed E-state index contributed by atoms with van der Waals surface area (Å²) in [5.74, 6) is 0. The van der Waals surface area contributed by atoms with Crippen molar-refractivity contribution in [3.63, 3.8) is 0 Å². The van der Waals surface area contributed by atoms with Gasteiger partial charge in [0, 0.05) is 49.8 Å². The van der Waals surface area contributed by atoms with E-state index < -0.39 is 0 Å². The van der Waals surface area contributed by atoms with Gasteiger partial charge in [-0.2, -0.15) is 0 Å². The maximum atomic E-state index is 10.8. The Labute approximate surface area is 105 Å². The van der Waals surface area contributed by atoms with Gasteiger partial charge in [-0.15, -0.1) is 0 Å². The molecule has 2 N–H and O–H groups in total. The molecule has 0 atom stereocenters. The average molecular weight is 251 g/mol. The molecule has 1 aromatic rings. The molecule has 0 spiro atoms. The minimum atomic E-state index is -0.379. The molecule has 0 radical (unpaired) electrons. The van der Waals surface area contributed by atoms with Crippen LogP contribution >= 0.6 is 0 Å². The predicted molar refractivity (Wildman–Crippen MR) is 70.1 cm³/mol. The summed E-state index contributed by atoms with van der Waals surface area (Å²) in [6.45, 7) is 1.48. The molecule has 2 rings (SSSR count). The third kappa shape index (κ3) is 3.10. The van der Waals surface area contributed by atoms with Gasteiger partial charge >= 0.3 is 0 Å². The van der Waals surface area contributed by atoms with Crippen LogP contribution in [0.25, 0.3) is 0 Å². The van der Waals surface area contributed by atoms with Crippen LogP contribution in [0.3, 0.4) is 0 Å². The molecule has 0 unspecified atom stereocenters. The molecule has 0 aliphatic carbocycles. The number of nitro groups is 1. The van der Waals surface area contributed by atoms with Gasteiger partial charge in [-0.3, -0.25) is 10.1 Å². The van der Waals surface area contributed by atoms with E-state index in [9.17, 15) is 10.1 Å². The van der Waals surface area contributed by atoms with E-state index in [2.05, 4.69) is 10.6 Å². The third-order valence-corrected chi connectivity index (χ3v) is 3.01. The SMILES string of the molecule is CNc1cc(NC2CCOCC2)cc([N+](=O)[O-])c1. The van der Waals surface area contributed by atoms with E-state index in [-0.39, 0.29) is 10.6 Å². The largest absolute Gasteiger partial charge is 0.388 e. The maximum absolute atomic E-state index is 10.8. The number of non-ortho nitro benzene ring substituents is 1. The number of hydrogen-bond donors (Lipinski definition) is 2. The summed E-state index contributed by atoms with van der Waals surface area (Å²) < 4.78 is 5.28. The molecule has 1 aliphatic rings. The zero-order chi connectivity index (χ0) is 13.0. The zero-order valence-corrected chi connectivity index (χ0v) is 10.3. The van der Waals surface area contributed by atoms with Crippen LogP contribution in [-0.4, -0.2) is 31.2 Å². The highest BCUT2D eigenvalue weighted by atomic mass is 16.6. The van der Waals surface area contributed by atoms with E-state index in [4.69, 9.17) is 4.74 Å². The fourth-order valence-corrected chi connectivity index (χ4v) is 2.02. The number of benzene rings is 1. The van der Waals surface area contributed by atoms with E-state index >= 15 is 0 Å². The Kier molecular flexibility index (Phi) is 3.99. The molecule has 1 aliphatic heterocycles. The first kappa shape index (κ1) is 12.6. The topological polar surface area (TPSA) is 76.4 Å². The summed E-state index contributed by atoms with van der Waals surface area (Å²) >= 11 is 0. The van der Waals surface area contributed by atoms with Crippen LogP contribution in [-0.2, 0) is 4.74 Å². The van der Waals surface area contributed by atoms with Crippen molar-refractivity contribution < 1.29 is 9.66 Å². The molecule has 0 amide bonds. The van der Waals surface area contributed by atoms with E-state index in [0.29, 0.717) is 6.04 Å². The number of nitro benzene ring substituents is 1. The number of hydrogen-bond acceptors (Lipinski definition) is 5. The summed E-state index contributed by atoms with van der Waals surface area (Å²) in [7, 11) is 1.75. The molecular formula is C12H17N3O3. The average Bonchev–Trinajstić information content (AvgIpc) is 2.39. The van der Waals surface area contributed by atoms with Crippen molar-refractivity contribution in [1.82, 2.24) is 0 Å². The number of anilines is 2. The van der Waals surface area contributed by atoms with E-state index in [0.717, 1.165) is 37.4 Å². The fraction of sp³-hybridized carbons (Fsp3) is 0.500. The summed E-state index contributed by atoms with van der Waals surface area (Å²) in [4.78, 5) is 10.5. The van der Waals surface area contributed by atoms with Gasteiger partial charge in [0.25, 0.3) is 5.69 Å². The lowest BCUT2D eigenvalue weighted by atomic mass is 10.1. The van der Waals surface area contributed by atoms with Crippen LogP contribution < -0.4 is 10.6 Å². The molecule has 1 heterocycles. The number of ether oxygens (including phenoxy) is 1. The Hall–Kier alpha value is -1.82. The molecule has 1 aromatic carbocycles. The minimum Gasteiger partial charge on any atom is -0.388 e. The molecule has 6 nitrogen and oxygen atoms in total. The molecule has 0 bridgehead atoms. The second-order valence-electron chi connectivity index (χ2n) is 4.31. The van der Waals surface area contributed by atoms with Gasteiger partial charge in [0.2, 0.25) is 0 Å². The summed E-state index contributed by atoms with van der Waals surface area (Å²) in [6, 6.07) is 5.29. The molecule has 1 fully saturated rings. The fourth-order valence-electron chi connectivity index (χ4n) is 2.02. The van der Waals surface area contributed by atoms with Crippen molar-refractivity contribution in [3.8, 4) is 0 Å². The van der Waals surface area contributed by atoms with Crippen LogP contribution in [0.15, 0.2) is 18.2 Å². The van der Waals surface area contributed by atoms with Crippen molar-refractivity contribution in [2.45, 2.75) is 18.9 Å². The summed E-state index contributed by atoms with van der Waals surface area (Å²) in [6.07, 6.45) is 1.86. The van der Waals surface area contributed by atoms with Crippen molar-refractivity contribution >= 4 is 17.1 Å². The van der Waals surface area contributed by atoms with Crippen LogP contribution in [0.2, 0.25) is 0 Å². The van der Waals surface area contributed by atoms with Crippen LogP contribution in [0.1, 0.15) is 12.8 Å². The molecule has 0 aromatic heterocycles. The summed E-state index contributed by atoms with van der Waals surface area (Å²) in [5.41, 5.74) is 1.61. The Bertz CT molecular complexity index is 431. The van der Waals surface area contributed by atoms with Crippen molar-refractivity contribution in [3.05, 3.63) is 28.3 Å². The highest BCUT2D eigenvalue weighted by Gasteiger charge is 2.15. The summed E-state index contributed by atoms with van der Waals surface area (Å²) in [5, 5.41) is 17.1. The van der Waals surface area contributed by atoms with Crippen molar-refractivity contribution in [2.75, 3.05) is 30.9 Å². The molecule has 98 valence electrons. The second-order valence-corrected chi connectivity index (χ2v) is 4.31. The van der Waals surface area contributed by atoms with Gasteiger partial charge in [-0.25, -0.2) is 0 Å². The molecule has 6 heteroatoms. The van der Waals surface area contributed by atoms with E-state index in [1.165, 1.54) is 6.07 Å². The second kappa shape index (κ2) is 5.68. The Balaban J connectivity index is 2.15. The monoisotopic (exact) mass is 251 g/mol. The van der Waals surface area contributed by atoms with Crippen molar-refractivity contribution in [1.29, 1.82) is 0 Å². The van der Waals surface area contributed by atoms with Gasteiger partial charge < -0.3 is 15.4 Å². The van der Waals surface area contributed by atoms with E-state index in [1.54, 1.807) is 13.1 Å². The van der Waals surface area contributed by atoms with Gasteiger partial charge in [-0.1, -0.05) is 0 Å². The highest BCUT2D eigenvalue weighted by Crippen LogP contribution is 2.25. The highest BCUT2D eigenvalue weighted by molar-refractivity contribution is 5.63. The normalized spacial score (nSPS) is 16.3. The first-order valence-electron chi connectivity index (χ1n) is 6.00. The number of rotatable bonds is 4. The lowest BCUT2D eigenvalue weighted by Gasteiger charge is -2.24. The van der Waals surface area contributed by atoms with Crippen LogP contribution in [0, 0.1) is 10.1 Å². The minimum absolute atomic E-state index is 0.0939. The van der Waals surface area contributed by atoms with Gasteiger partial charge in [0.1, 0.15) is 0 Å². The van der Waals surface area contributed by atoms with Gasteiger partial charge in [0.05, 0.1) is 4.92 Å². The Morgan fingerprint density at radius 3 is 2.56 bits per heavy atom.